The normalized spacial score (nSPS) is 44.3. The smallest absolute Gasteiger partial charge is 0.330 e. The number of hydrogen-bond donors (Lipinski definition) is 0. The number of fused-ring (bicyclic) bond motifs is 5. The Bertz CT molecular complexity index is 682. The van der Waals surface area contributed by atoms with Crippen molar-refractivity contribution in [2.24, 2.45) is 52.3 Å². The van der Waals surface area contributed by atoms with Gasteiger partial charge in [0.25, 0.3) is 0 Å². The Morgan fingerprint density at radius 1 is 0.969 bits per heavy atom. The Balaban J connectivity index is 1.42. The summed E-state index contributed by atoms with van der Waals surface area (Å²) in [6, 6.07) is 0. The van der Waals surface area contributed by atoms with Gasteiger partial charge in [-0.25, -0.2) is 4.79 Å². The lowest BCUT2D eigenvalue weighted by molar-refractivity contribution is -0.158. The van der Waals surface area contributed by atoms with Gasteiger partial charge in [0.15, 0.2) is 0 Å². The molecule has 4 aliphatic carbocycles. The molecule has 4 aliphatic rings. The zero-order valence-electron chi connectivity index (χ0n) is 21.7. The van der Waals surface area contributed by atoms with Crippen molar-refractivity contribution >= 4 is 5.97 Å². The lowest BCUT2D eigenvalue weighted by atomic mass is 9.44. The Morgan fingerprint density at radius 3 is 2.41 bits per heavy atom. The molecule has 2 nitrogen and oxygen atoms in total. The van der Waals surface area contributed by atoms with Gasteiger partial charge in [-0.3, -0.25) is 0 Å². The molecule has 4 saturated carbocycles. The van der Waals surface area contributed by atoms with Gasteiger partial charge in [0, 0.05) is 6.08 Å². The first-order valence-corrected chi connectivity index (χ1v) is 14.0. The van der Waals surface area contributed by atoms with E-state index in [0.29, 0.717) is 10.8 Å². The molecule has 2 heteroatoms. The van der Waals surface area contributed by atoms with Crippen LogP contribution < -0.4 is 0 Å². The molecule has 0 spiro atoms. The van der Waals surface area contributed by atoms with Crippen molar-refractivity contribution in [3.63, 3.8) is 0 Å². The Hall–Kier alpha value is -0.790. The van der Waals surface area contributed by atoms with Crippen molar-refractivity contribution in [1.82, 2.24) is 0 Å². The molecule has 1 unspecified atom stereocenters. The van der Waals surface area contributed by atoms with E-state index in [0.717, 1.165) is 54.3 Å². The first-order chi connectivity index (χ1) is 15.2. The lowest BCUT2D eigenvalue weighted by Crippen LogP contribution is -2.54. The Labute approximate surface area is 198 Å². The summed E-state index contributed by atoms with van der Waals surface area (Å²) in [5.74, 6) is 5.96. The van der Waals surface area contributed by atoms with Crippen molar-refractivity contribution in [3.8, 4) is 0 Å². The number of carbonyl (C=O) groups is 1. The van der Waals surface area contributed by atoms with E-state index in [-0.39, 0.29) is 12.1 Å². The zero-order valence-corrected chi connectivity index (χ0v) is 21.7. The number of ether oxygens (including phenoxy) is 1. The highest BCUT2D eigenvalue weighted by Crippen LogP contribution is 2.68. The Kier molecular flexibility index (Phi) is 7.19. The molecule has 32 heavy (non-hydrogen) atoms. The van der Waals surface area contributed by atoms with Crippen LogP contribution in [0.1, 0.15) is 112 Å². The summed E-state index contributed by atoms with van der Waals surface area (Å²) in [4.78, 5) is 11.8. The van der Waals surface area contributed by atoms with Gasteiger partial charge in [-0.1, -0.05) is 60.5 Å². The van der Waals surface area contributed by atoms with Crippen molar-refractivity contribution < 1.29 is 9.53 Å². The quantitative estimate of drug-likeness (QED) is 0.293. The second kappa shape index (κ2) is 9.46. The fourth-order valence-corrected chi connectivity index (χ4v) is 9.56. The van der Waals surface area contributed by atoms with Crippen LogP contribution in [0.25, 0.3) is 0 Å². The maximum absolute atomic E-state index is 11.8. The summed E-state index contributed by atoms with van der Waals surface area (Å²) in [5, 5.41) is 0. The van der Waals surface area contributed by atoms with E-state index in [2.05, 4.69) is 41.2 Å². The average molecular weight is 443 g/mol. The molecule has 182 valence electrons. The predicted molar refractivity (Wildman–Crippen MR) is 133 cm³/mol. The molecule has 0 aromatic rings. The third-order valence-corrected chi connectivity index (χ3v) is 11.3. The molecule has 0 aromatic carbocycles. The van der Waals surface area contributed by atoms with Crippen LogP contribution in [0.3, 0.4) is 0 Å². The number of rotatable bonds is 7. The van der Waals surface area contributed by atoms with E-state index in [1.807, 2.05) is 0 Å². The molecule has 0 aliphatic heterocycles. The van der Waals surface area contributed by atoms with Crippen molar-refractivity contribution in [1.29, 1.82) is 0 Å². The van der Waals surface area contributed by atoms with E-state index >= 15 is 0 Å². The minimum atomic E-state index is -0.236. The van der Waals surface area contributed by atoms with Gasteiger partial charge in [-0.2, -0.15) is 0 Å². The SMILES string of the molecule is C=CC(=O)O[C@H]1CC[C@@]2(C)C(CC[C@H]3[C@@H]4CC[C@H]([C@H](C)CCCC(C)C)[C@@]4(C)CC[C@@H]32)C1. The monoisotopic (exact) mass is 442 g/mol. The van der Waals surface area contributed by atoms with Crippen LogP contribution >= 0.6 is 0 Å². The van der Waals surface area contributed by atoms with E-state index in [1.54, 1.807) is 0 Å². The molecule has 0 aromatic heterocycles. The first-order valence-electron chi connectivity index (χ1n) is 14.0. The summed E-state index contributed by atoms with van der Waals surface area (Å²) in [7, 11) is 0. The summed E-state index contributed by atoms with van der Waals surface area (Å²) >= 11 is 0. The highest BCUT2D eigenvalue weighted by atomic mass is 16.5. The first kappa shape index (κ1) is 24.3. The van der Waals surface area contributed by atoms with Crippen LogP contribution in [0, 0.1) is 52.3 Å². The van der Waals surface area contributed by atoms with Gasteiger partial charge >= 0.3 is 5.97 Å². The fourth-order valence-electron chi connectivity index (χ4n) is 9.56. The van der Waals surface area contributed by atoms with E-state index in [4.69, 9.17) is 4.74 Å². The molecule has 4 fully saturated rings. The summed E-state index contributed by atoms with van der Waals surface area (Å²) < 4.78 is 5.69. The molecule has 0 bridgehead atoms. The summed E-state index contributed by atoms with van der Waals surface area (Å²) in [6.45, 7) is 16.2. The number of hydrogen-bond acceptors (Lipinski definition) is 2. The third-order valence-electron chi connectivity index (χ3n) is 11.3. The van der Waals surface area contributed by atoms with Gasteiger partial charge in [-0.05, 0) is 110 Å². The van der Waals surface area contributed by atoms with Crippen LogP contribution in [-0.2, 0) is 9.53 Å². The molecule has 0 radical (unpaired) electrons. The lowest BCUT2D eigenvalue weighted by Gasteiger charge is -2.61. The van der Waals surface area contributed by atoms with Crippen LogP contribution in [0.5, 0.6) is 0 Å². The van der Waals surface area contributed by atoms with E-state index < -0.39 is 0 Å². The maximum Gasteiger partial charge on any atom is 0.330 e. The van der Waals surface area contributed by atoms with Crippen LogP contribution in [0.2, 0.25) is 0 Å². The molecule has 4 rings (SSSR count). The fraction of sp³-hybridized carbons (Fsp3) is 0.900. The summed E-state index contributed by atoms with van der Waals surface area (Å²) in [6.07, 6.45) is 17.7. The molecule has 0 saturated heterocycles. The zero-order chi connectivity index (χ0) is 23.1. The van der Waals surface area contributed by atoms with Crippen LogP contribution in [0.4, 0.5) is 0 Å². The van der Waals surface area contributed by atoms with Crippen molar-refractivity contribution in [2.45, 2.75) is 118 Å². The minimum absolute atomic E-state index is 0.117. The topological polar surface area (TPSA) is 26.3 Å². The highest BCUT2D eigenvalue weighted by Gasteiger charge is 2.60. The maximum atomic E-state index is 11.8. The highest BCUT2D eigenvalue weighted by molar-refractivity contribution is 5.81. The molecule has 9 atom stereocenters. The van der Waals surface area contributed by atoms with Crippen LogP contribution in [-0.4, -0.2) is 12.1 Å². The van der Waals surface area contributed by atoms with E-state index in [9.17, 15) is 4.79 Å². The second-order valence-electron chi connectivity index (χ2n) is 13.2. The minimum Gasteiger partial charge on any atom is -0.459 e. The molecular weight excluding hydrogens is 392 g/mol. The third kappa shape index (κ3) is 4.34. The average Bonchev–Trinajstić information content (AvgIpc) is 3.11. The molecular formula is C30H50O2. The van der Waals surface area contributed by atoms with Crippen LogP contribution in [0.15, 0.2) is 12.7 Å². The van der Waals surface area contributed by atoms with Gasteiger partial charge in [-0.15, -0.1) is 0 Å². The predicted octanol–water partition coefficient (Wildman–Crippen LogP) is 8.21. The van der Waals surface area contributed by atoms with Crippen molar-refractivity contribution in [3.05, 3.63) is 12.7 Å². The standard InChI is InChI=1S/C30H50O2/c1-7-28(31)32-23-15-17-29(5)22(19-23)11-12-24-26-14-13-25(21(4)10-8-9-20(2)3)30(26,6)18-16-27(24)29/h7,20-27H,1,8-19H2,2-6H3/t21-,22?,23+,24+,25-,26+,27+,29+,30-/m1/s1. The summed E-state index contributed by atoms with van der Waals surface area (Å²) in [5.41, 5.74) is 1.04. The second-order valence-corrected chi connectivity index (χ2v) is 13.2. The van der Waals surface area contributed by atoms with E-state index in [1.165, 1.54) is 70.3 Å². The number of carbonyl (C=O) groups excluding carboxylic acids is 1. The molecule has 0 heterocycles. The number of esters is 1. The van der Waals surface area contributed by atoms with Crippen molar-refractivity contribution in [2.75, 3.05) is 0 Å². The van der Waals surface area contributed by atoms with Gasteiger partial charge in [0.1, 0.15) is 6.10 Å². The van der Waals surface area contributed by atoms with Gasteiger partial charge in [0.2, 0.25) is 0 Å². The van der Waals surface area contributed by atoms with Gasteiger partial charge < -0.3 is 4.74 Å². The largest absolute Gasteiger partial charge is 0.459 e. The Morgan fingerprint density at radius 2 is 1.69 bits per heavy atom. The van der Waals surface area contributed by atoms with Gasteiger partial charge in [0.05, 0.1) is 0 Å². The molecule has 0 N–H and O–H groups in total. The molecule has 0 amide bonds.